The molecule has 1 aliphatic rings. The van der Waals surface area contributed by atoms with Gasteiger partial charge in [-0.3, -0.25) is 4.99 Å². The van der Waals surface area contributed by atoms with Crippen LogP contribution in [0.25, 0.3) is 0 Å². The number of ether oxygens (including phenoxy) is 2. The van der Waals surface area contributed by atoms with E-state index in [-0.39, 0.29) is 24.0 Å². The van der Waals surface area contributed by atoms with Gasteiger partial charge in [-0.1, -0.05) is 12.8 Å². The van der Waals surface area contributed by atoms with Gasteiger partial charge in [0.25, 0.3) is 0 Å². The monoisotopic (exact) mass is 371 g/mol. The van der Waals surface area contributed by atoms with Crippen molar-refractivity contribution in [1.82, 2.24) is 10.6 Å². The molecule has 0 heterocycles. The van der Waals surface area contributed by atoms with E-state index in [1.165, 1.54) is 25.7 Å². The molecule has 0 aromatic heterocycles. The predicted octanol–water partition coefficient (Wildman–Crippen LogP) is 1.37. The summed E-state index contributed by atoms with van der Waals surface area (Å²) in [5.41, 5.74) is 0. The average Bonchev–Trinajstić information content (AvgIpc) is 2.85. The van der Waals surface area contributed by atoms with Crippen LogP contribution in [0.4, 0.5) is 0 Å². The van der Waals surface area contributed by atoms with Crippen molar-refractivity contribution in [3.05, 3.63) is 0 Å². The Balaban J connectivity index is 0.00000289. The molecule has 0 spiro atoms. The molecule has 0 unspecified atom stereocenters. The Hall–Kier alpha value is -0.0800. The Morgan fingerprint density at radius 2 is 1.94 bits per heavy atom. The maximum absolute atomic E-state index is 5.37. The van der Waals surface area contributed by atoms with Crippen LogP contribution >= 0.6 is 24.0 Å². The lowest BCUT2D eigenvalue weighted by Crippen LogP contribution is -2.43. The fraction of sp³-hybridized carbons (Fsp3) is 0.917. The minimum absolute atomic E-state index is 0. The first-order chi connectivity index (χ1) is 8.36. The van der Waals surface area contributed by atoms with E-state index >= 15 is 0 Å². The lowest BCUT2D eigenvalue weighted by atomic mass is 10.2. The number of methoxy groups -OCH3 is 1. The van der Waals surface area contributed by atoms with Crippen LogP contribution in [0, 0.1) is 0 Å². The van der Waals surface area contributed by atoms with Gasteiger partial charge in [0, 0.05) is 26.7 Å². The third-order valence-corrected chi connectivity index (χ3v) is 2.89. The van der Waals surface area contributed by atoms with Gasteiger partial charge in [-0.2, -0.15) is 0 Å². The molecule has 0 atom stereocenters. The highest BCUT2D eigenvalue weighted by atomic mass is 127. The summed E-state index contributed by atoms with van der Waals surface area (Å²) in [5.74, 6) is 0.882. The molecular formula is C12H26IN3O2. The molecule has 0 saturated heterocycles. The van der Waals surface area contributed by atoms with Crippen LogP contribution in [0.2, 0.25) is 0 Å². The molecule has 2 N–H and O–H groups in total. The zero-order valence-corrected chi connectivity index (χ0v) is 13.7. The summed E-state index contributed by atoms with van der Waals surface area (Å²) in [6, 6.07) is 0.593. The molecule has 18 heavy (non-hydrogen) atoms. The molecule has 1 rings (SSSR count). The molecule has 0 radical (unpaired) electrons. The summed E-state index contributed by atoms with van der Waals surface area (Å²) in [4.78, 5) is 4.20. The number of guanidine groups is 1. The summed E-state index contributed by atoms with van der Waals surface area (Å²) in [6.45, 7) is 2.74. The van der Waals surface area contributed by atoms with Crippen molar-refractivity contribution in [2.45, 2.75) is 31.7 Å². The zero-order chi connectivity index (χ0) is 12.3. The molecule has 1 aliphatic carbocycles. The summed E-state index contributed by atoms with van der Waals surface area (Å²) in [7, 11) is 3.48. The molecule has 0 aromatic carbocycles. The maximum atomic E-state index is 5.37. The van der Waals surface area contributed by atoms with Crippen LogP contribution in [-0.2, 0) is 9.47 Å². The number of aliphatic imine (C=N–C) groups is 1. The third kappa shape index (κ3) is 8.10. The summed E-state index contributed by atoms with van der Waals surface area (Å²) < 4.78 is 10.3. The molecule has 0 amide bonds. The normalized spacial score (nSPS) is 16.4. The largest absolute Gasteiger partial charge is 0.382 e. The van der Waals surface area contributed by atoms with Crippen LogP contribution in [0.1, 0.15) is 25.7 Å². The van der Waals surface area contributed by atoms with E-state index in [0.717, 1.165) is 12.5 Å². The van der Waals surface area contributed by atoms with Crippen molar-refractivity contribution in [3.8, 4) is 0 Å². The third-order valence-electron chi connectivity index (χ3n) is 2.89. The van der Waals surface area contributed by atoms with Gasteiger partial charge < -0.3 is 20.1 Å². The summed E-state index contributed by atoms with van der Waals surface area (Å²) in [6.07, 6.45) is 5.17. The van der Waals surface area contributed by atoms with Crippen LogP contribution in [0.3, 0.4) is 0 Å². The molecule has 0 aliphatic heterocycles. The molecular weight excluding hydrogens is 345 g/mol. The maximum Gasteiger partial charge on any atom is 0.191 e. The van der Waals surface area contributed by atoms with Gasteiger partial charge in [-0.15, -0.1) is 24.0 Å². The standard InChI is InChI=1S/C12H25N3O2.HI/c1-13-12(15-11-5-3-4-6-11)14-7-8-17-10-9-16-2;/h11H,3-10H2,1-2H3,(H2,13,14,15);1H. The number of rotatable bonds is 7. The molecule has 5 nitrogen and oxygen atoms in total. The first-order valence-electron chi connectivity index (χ1n) is 6.40. The quantitative estimate of drug-likeness (QED) is 0.307. The number of hydrogen-bond donors (Lipinski definition) is 2. The Labute approximate surface area is 127 Å². The molecule has 1 saturated carbocycles. The Morgan fingerprint density at radius 1 is 1.22 bits per heavy atom. The lowest BCUT2D eigenvalue weighted by molar-refractivity contribution is 0.0733. The molecule has 0 aromatic rings. The van der Waals surface area contributed by atoms with Gasteiger partial charge in [-0.25, -0.2) is 0 Å². The predicted molar refractivity (Wildman–Crippen MR) is 84.9 cm³/mol. The first-order valence-corrected chi connectivity index (χ1v) is 6.40. The van der Waals surface area contributed by atoms with Gasteiger partial charge >= 0.3 is 0 Å². The highest BCUT2D eigenvalue weighted by Gasteiger charge is 2.15. The highest BCUT2D eigenvalue weighted by Crippen LogP contribution is 2.17. The molecule has 1 fully saturated rings. The van der Waals surface area contributed by atoms with Crippen molar-refractivity contribution in [2.24, 2.45) is 4.99 Å². The van der Waals surface area contributed by atoms with Gasteiger partial charge in [0.1, 0.15) is 0 Å². The molecule has 0 bridgehead atoms. The van der Waals surface area contributed by atoms with Crippen LogP contribution in [0.15, 0.2) is 4.99 Å². The molecule has 108 valence electrons. The number of nitrogens with zero attached hydrogens (tertiary/aromatic N) is 1. The Morgan fingerprint density at radius 3 is 2.56 bits per heavy atom. The van der Waals surface area contributed by atoms with E-state index in [9.17, 15) is 0 Å². The summed E-state index contributed by atoms with van der Waals surface area (Å²) >= 11 is 0. The van der Waals surface area contributed by atoms with Gasteiger partial charge in [0.05, 0.1) is 19.8 Å². The van der Waals surface area contributed by atoms with Crippen molar-refractivity contribution >= 4 is 29.9 Å². The van der Waals surface area contributed by atoms with Crippen molar-refractivity contribution in [1.29, 1.82) is 0 Å². The fourth-order valence-corrected chi connectivity index (χ4v) is 1.94. The lowest BCUT2D eigenvalue weighted by Gasteiger charge is -2.16. The first kappa shape index (κ1) is 17.9. The van der Waals surface area contributed by atoms with Crippen molar-refractivity contribution in [2.75, 3.05) is 40.5 Å². The number of nitrogens with one attached hydrogen (secondary N) is 2. The highest BCUT2D eigenvalue weighted by molar-refractivity contribution is 14.0. The van der Waals surface area contributed by atoms with Gasteiger partial charge in [0.15, 0.2) is 5.96 Å². The smallest absolute Gasteiger partial charge is 0.191 e. The fourth-order valence-electron chi connectivity index (χ4n) is 1.94. The zero-order valence-electron chi connectivity index (χ0n) is 11.4. The van der Waals surface area contributed by atoms with E-state index in [4.69, 9.17) is 9.47 Å². The average molecular weight is 371 g/mol. The van der Waals surface area contributed by atoms with E-state index in [2.05, 4.69) is 15.6 Å². The minimum Gasteiger partial charge on any atom is -0.382 e. The van der Waals surface area contributed by atoms with E-state index < -0.39 is 0 Å². The number of halogens is 1. The van der Waals surface area contributed by atoms with E-state index in [1.54, 1.807) is 14.2 Å². The second-order valence-corrected chi connectivity index (χ2v) is 4.23. The van der Waals surface area contributed by atoms with Crippen molar-refractivity contribution in [3.63, 3.8) is 0 Å². The van der Waals surface area contributed by atoms with Crippen molar-refractivity contribution < 1.29 is 9.47 Å². The van der Waals surface area contributed by atoms with Gasteiger partial charge in [0.2, 0.25) is 0 Å². The van der Waals surface area contributed by atoms with Crippen LogP contribution < -0.4 is 10.6 Å². The SMILES string of the molecule is CN=C(NCCOCCOC)NC1CCCC1.I. The second kappa shape index (κ2) is 12.0. The van der Waals surface area contributed by atoms with Crippen LogP contribution in [-0.4, -0.2) is 52.5 Å². The topological polar surface area (TPSA) is 54.9 Å². The number of hydrogen-bond acceptors (Lipinski definition) is 3. The molecule has 6 heteroatoms. The summed E-state index contributed by atoms with van der Waals surface area (Å²) in [5, 5.41) is 6.67. The van der Waals surface area contributed by atoms with E-state index in [1.807, 2.05) is 0 Å². The van der Waals surface area contributed by atoms with Gasteiger partial charge in [-0.05, 0) is 12.8 Å². The second-order valence-electron chi connectivity index (χ2n) is 4.23. The Kier molecular flexibility index (Phi) is 11.9. The van der Waals surface area contributed by atoms with E-state index in [0.29, 0.717) is 25.9 Å². The van der Waals surface area contributed by atoms with Crippen LogP contribution in [0.5, 0.6) is 0 Å². The Bertz CT molecular complexity index is 221. The minimum atomic E-state index is 0.